The van der Waals surface area contributed by atoms with E-state index in [9.17, 15) is 27.6 Å². The SMILES string of the molecule is C=CC(=O)OCCCCCCOc1ccc(C(=O)Oc2ccc(OC(=O)c3ccc(OCCCCCCOC(C)=O)cc3)c(/C=N/N(c3nc4ccccc4s3)S(=O)(=O)c3ccc(C)cc3)c2)cc1. The largest absolute Gasteiger partial charge is 0.494 e. The zero-order valence-corrected chi connectivity index (χ0v) is 40.0. The monoisotopic (exact) mass is 975 g/mol. The van der Waals surface area contributed by atoms with Crippen molar-refractivity contribution in [3.8, 4) is 23.0 Å². The molecule has 6 aromatic rings. The standard InChI is InChI=1S/C52H53N3O12S2/c1-4-49(57)65-34-14-8-7-13-33-63-42-23-19-39(20-24-42)50(58)66-44-27-30-47(67-51(59)40-21-25-43(26-22-40)64-32-12-6-5-11-31-62-38(3)56)41(35-44)36-53-55(52-54-46-15-9-10-16-48(46)68-52)69(60,61)45-28-17-37(2)18-29-45/h4,9-10,15-30,35-36H,1,5-8,11-14,31-34H2,2-3H3/b53-36+. The predicted molar refractivity (Wildman–Crippen MR) is 263 cm³/mol. The summed E-state index contributed by atoms with van der Waals surface area (Å²) < 4.78 is 63.4. The molecule has 0 saturated heterocycles. The van der Waals surface area contributed by atoms with Crippen LogP contribution in [0.2, 0.25) is 0 Å². The average molecular weight is 976 g/mol. The van der Waals surface area contributed by atoms with Gasteiger partial charge in [0.05, 0.1) is 58.9 Å². The summed E-state index contributed by atoms with van der Waals surface area (Å²) >= 11 is 1.13. The van der Waals surface area contributed by atoms with Crippen molar-refractivity contribution < 1.29 is 56.0 Å². The molecule has 15 nitrogen and oxygen atoms in total. The second-order valence-corrected chi connectivity index (χ2v) is 18.3. The summed E-state index contributed by atoms with van der Waals surface area (Å²) in [4.78, 5) is 53.7. The maximum absolute atomic E-state index is 14.3. The van der Waals surface area contributed by atoms with E-state index in [0.29, 0.717) is 43.4 Å². The smallest absolute Gasteiger partial charge is 0.343 e. The molecule has 0 amide bonds. The van der Waals surface area contributed by atoms with Crippen molar-refractivity contribution >= 4 is 66.8 Å². The number of aryl methyl sites for hydroxylation is 1. The van der Waals surface area contributed by atoms with E-state index in [1.807, 2.05) is 19.1 Å². The number of unbranched alkanes of at least 4 members (excludes halogenated alkanes) is 6. The molecule has 0 aliphatic carbocycles. The number of benzene rings is 5. The molecule has 17 heteroatoms. The van der Waals surface area contributed by atoms with Crippen molar-refractivity contribution in [2.75, 3.05) is 30.8 Å². The van der Waals surface area contributed by atoms with Gasteiger partial charge in [-0.25, -0.2) is 19.4 Å². The zero-order chi connectivity index (χ0) is 49.0. The highest BCUT2D eigenvalue weighted by Gasteiger charge is 2.28. The minimum absolute atomic E-state index is 0.00723. The summed E-state index contributed by atoms with van der Waals surface area (Å²) in [6.07, 6.45) is 9.00. The second kappa shape index (κ2) is 25.7. The minimum Gasteiger partial charge on any atom is -0.494 e. The minimum atomic E-state index is -4.34. The Bertz CT molecular complexity index is 2790. The topological polar surface area (TPSA) is 186 Å². The number of carbonyl (C=O) groups excluding carboxylic acids is 4. The Hall–Kier alpha value is -7.37. The van der Waals surface area contributed by atoms with E-state index < -0.39 is 27.9 Å². The van der Waals surface area contributed by atoms with Gasteiger partial charge in [-0.1, -0.05) is 47.7 Å². The van der Waals surface area contributed by atoms with Crippen molar-refractivity contribution in [1.82, 2.24) is 4.98 Å². The first kappa shape index (κ1) is 51.0. The van der Waals surface area contributed by atoms with E-state index in [-0.39, 0.29) is 44.2 Å². The Kier molecular flexibility index (Phi) is 19.0. The summed E-state index contributed by atoms with van der Waals surface area (Å²) in [5.74, 6) is -0.963. The van der Waals surface area contributed by atoms with Crippen molar-refractivity contribution in [2.45, 2.75) is 70.1 Å². The third-order valence-electron chi connectivity index (χ3n) is 10.2. The van der Waals surface area contributed by atoms with Gasteiger partial charge in [-0.2, -0.15) is 13.5 Å². The molecule has 69 heavy (non-hydrogen) atoms. The van der Waals surface area contributed by atoms with E-state index in [2.05, 4.69) is 16.7 Å². The van der Waals surface area contributed by atoms with Gasteiger partial charge in [0.25, 0.3) is 10.0 Å². The first-order chi connectivity index (χ1) is 33.4. The lowest BCUT2D eigenvalue weighted by atomic mass is 10.2. The molecule has 0 unspecified atom stereocenters. The van der Waals surface area contributed by atoms with Gasteiger partial charge < -0.3 is 28.4 Å². The van der Waals surface area contributed by atoms with Gasteiger partial charge in [0.2, 0.25) is 5.13 Å². The van der Waals surface area contributed by atoms with Crippen molar-refractivity contribution in [3.05, 3.63) is 150 Å². The van der Waals surface area contributed by atoms with Crippen molar-refractivity contribution in [1.29, 1.82) is 0 Å². The van der Waals surface area contributed by atoms with Crippen LogP contribution in [0.5, 0.6) is 23.0 Å². The number of nitrogens with zero attached hydrogens (tertiary/aromatic N) is 3. The van der Waals surface area contributed by atoms with Crippen molar-refractivity contribution in [3.63, 3.8) is 0 Å². The number of hydrogen-bond donors (Lipinski definition) is 0. The summed E-state index contributed by atoms with van der Waals surface area (Å²) in [5.41, 5.74) is 1.98. The molecular formula is C52H53N3O12S2. The number of carbonyl (C=O) groups is 4. The molecule has 0 N–H and O–H groups in total. The molecule has 0 bridgehead atoms. The highest BCUT2D eigenvalue weighted by molar-refractivity contribution is 7.93. The Morgan fingerprint density at radius 3 is 1.80 bits per heavy atom. The highest BCUT2D eigenvalue weighted by Crippen LogP contribution is 2.33. The molecule has 5 aromatic carbocycles. The molecule has 6 rings (SSSR count). The van der Waals surface area contributed by atoms with E-state index in [0.717, 1.165) is 83.5 Å². The molecule has 0 radical (unpaired) electrons. The van der Waals surface area contributed by atoms with Crippen LogP contribution in [-0.2, 0) is 29.1 Å². The molecule has 0 atom stereocenters. The first-order valence-electron chi connectivity index (χ1n) is 22.4. The van der Waals surface area contributed by atoms with Crippen LogP contribution in [-0.4, -0.2) is 69.9 Å². The number of ether oxygens (including phenoxy) is 6. The van der Waals surface area contributed by atoms with Crippen LogP contribution in [0.3, 0.4) is 0 Å². The van der Waals surface area contributed by atoms with Crippen LogP contribution in [0, 0.1) is 6.92 Å². The number of rotatable bonds is 26. The van der Waals surface area contributed by atoms with Crippen LogP contribution in [0.1, 0.15) is 90.1 Å². The van der Waals surface area contributed by atoms with Crippen LogP contribution >= 0.6 is 11.3 Å². The fourth-order valence-corrected chi connectivity index (χ4v) is 8.84. The van der Waals surface area contributed by atoms with Gasteiger partial charge in [-0.3, -0.25) is 4.79 Å². The average Bonchev–Trinajstić information content (AvgIpc) is 3.78. The number of para-hydroxylation sites is 1. The Morgan fingerprint density at radius 1 is 0.667 bits per heavy atom. The van der Waals surface area contributed by atoms with Crippen LogP contribution < -0.4 is 23.4 Å². The number of aromatic nitrogens is 1. The molecule has 0 fully saturated rings. The zero-order valence-electron chi connectivity index (χ0n) is 38.4. The third-order valence-corrected chi connectivity index (χ3v) is 12.9. The van der Waals surface area contributed by atoms with Gasteiger partial charge in [-0.05, 0) is 149 Å². The van der Waals surface area contributed by atoms with E-state index >= 15 is 0 Å². The van der Waals surface area contributed by atoms with E-state index in [1.165, 1.54) is 43.5 Å². The Morgan fingerprint density at radius 2 is 1.22 bits per heavy atom. The van der Waals surface area contributed by atoms with Gasteiger partial charge in [0.15, 0.2) is 0 Å². The Balaban J connectivity index is 1.18. The maximum atomic E-state index is 14.3. The lowest BCUT2D eigenvalue weighted by Crippen LogP contribution is -2.26. The highest BCUT2D eigenvalue weighted by atomic mass is 32.2. The van der Waals surface area contributed by atoms with Gasteiger partial charge in [0, 0.05) is 18.6 Å². The fraction of sp³-hybridized carbons (Fsp3) is 0.269. The van der Waals surface area contributed by atoms with Crippen molar-refractivity contribution in [2.24, 2.45) is 5.10 Å². The van der Waals surface area contributed by atoms with Crippen LogP contribution in [0.25, 0.3) is 10.2 Å². The lowest BCUT2D eigenvalue weighted by molar-refractivity contribution is -0.141. The number of hydrazone groups is 1. The molecule has 0 aliphatic rings. The second-order valence-electron chi connectivity index (χ2n) is 15.5. The normalized spacial score (nSPS) is 11.2. The molecule has 0 spiro atoms. The molecule has 0 aliphatic heterocycles. The number of fused-ring (bicyclic) bond motifs is 1. The lowest BCUT2D eigenvalue weighted by Gasteiger charge is -2.17. The van der Waals surface area contributed by atoms with Gasteiger partial charge >= 0.3 is 23.9 Å². The molecule has 0 saturated carbocycles. The first-order valence-corrected chi connectivity index (χ1v) is 24.6. The third kappa shape index (κ3) is 15.6. The quantitative estimate of drug-likeness (QED) is 0.0125. The summed E-state index contributed by atoms with van der Waals surface area (Å²) in [5, 5.41) is 4.52. The number of esters is 4. The summed E-state index contributed by atoms with van der Waals surface area (Å²) in [6, 6.07) is 30.7. The maximum Gasteiger partial charge on any atom is 0.343 e. The van der Waals surface area contributed by atoms with E-state index in [4.69, 9.17) is 28.4 Å². The van der Waals surface area contributed by atoms with Crippen LogP contribution in [0.15, 0.2) is 138 Å². The number of hydrogen-bond acceptors (Lipinski definition) is 15. The Labute approximate surface area is 405 Å². The molecule has 1 aromatic heterocycles. The molecule has 1 heterocycles. The summed E-state index contributed by atoms with van der Waals surface area (Å²) in [6.45, 7) is 8.27. The van der Waals surface area contributed by atoms with Crippen LogP contribution in [0.4, 0.5) is 5.13 Å². The van der Waals surface area contributed by atoms with E-state index in [1.54, 1.807) is 72.8 Å². The van der Waals surface area contributed by atoms with Gasteiger partial charge in [0.1, 0.15) is 23.0 Å². The predicted octanol–water partition coefficient (Wildman–Crippen LogP) is 10.4. The number of sulfonamides is 1. The molecular weight excluding hydrogens is 923 g/mol. The number of anilines is 1. The summed E-state index contributed by atoms with van der Waals surface area (Å²) in [7, 11) is -4.34. The molecule has 360 valence electrons. The number of thiazole rings is 1. The van der Waals surface area contributed by atoms with Gasteiger partial charge in [-0.15, -0.1) is 4.41 Å². The fourth-order valence-electron chi connectivity index (χ4n) is 6.51.